The first-order valence-corrected chi connectivity index (χ1v) is 8.60. The summed E-state index contributed by atoms with van der Waals surface area (Å²) in [5.74, 6) is -1.74. The summed E-state index contributed by atoms with van der Waals surface area (Å²) in [6.45, 7) is 10.7. The van der Waals surface area contributed by atoms with Gasteiger partial charge in [-0.05, 0) is 17.8 Å². The Kier molecular flexibility index (Phi) is 9.96. The largest absolute Gasteiger partial charge is 0.348 e. The normalized spacial score (nSPS) is 14.8. The zero-order valence-electron chi connectivity index (χ0n) is 16.0. The molecule has 25 heavy (non-hydrogen) atoms. The van der Waals surface area contributed by atoms with Crippen molar-refractivity contribution < 1.29 is 19.2 Å². The summed E-state index contributed by atoms with van der Waals surface area (Å²) in [6.07, 6.45) is 0.571. The van der Waals surface area contributed by atoms with Gasteiger partial charge < -0.3 is 26.5 Å². The molecule has 144 valence electrons. The quantitative estimate of drug-likeness (QED) is 0.394. The van der Waals surface area contributed by atoms with Crippen LogP contribution in [0.5, 0.6) is 0 Å². The Morgan fingerprint density at radius 1 is 0.800 bits per heavy atom. The van der Waals surface area contributed by atoms with Crippen LogP contribution in [0.1, 0.15) is 41.5 Å². The molecule has 8 nitrogen and oxygen atoms in total. The van der Waals surface area contributed by atoms with E-state index in [1.54, 1.807) is 27.7 Å². The highest BCUT2D eigenvalue weighted by Crippen LogP contribution is 2.08. The Bertz CT molecular complexity index is 477. The zero-order valence-corrected chi connectivity index (χ0v) is 16.0. The second-order valence-electron chi connectivity index (χ2n) is 7.14. The van der Waals surface area contributed by atoms with Crippen molar-refractivity contribution in [1.82, 2.24) is 16.0 Å². The maximum Gasteiger partial charge on any atom is 0.243 e. The van der Waals surface area contributed by atoms with E-state index in [4.69, 9.17) is 5.73 Å². The van der Waals surface area contributed by atoms with Gasteiger partial charge in [0.25, 0.3) is 0 Å². The van der Waals surface area contributed by atoms with Gasteiger partial charge in [-0.25, -0.2) is 0 Å². The molecule has 0 aliphatic rings. The van der Waals surface area contributed by atoms with E-state index >= 15 is 0 Å². The molecule has 0 aromatic carbocycles. The summed E-state index contributed by atoms with van der Waals surface area (Å²) in [7, 11) is 0. The van der Waals surface area contributed by atoms with Crippen molar-refractivity contribution in [3.63, 3.8) is 0 Å². The lowest BCUT2D eigenvalue weighted by Crippen LogP contribution is -2.59. The SMILES string of the molecule is CC(C)[C@H](N)C(=O)N[C@H](C(=O)N[C@H](C(=O)NCC=O)C(C)C)C(C)C. The molecule has 0 fully saturated rings. The van der Waals surface area contributed by atoms with Crippen molar-refractivity contribution in [1.29, 1.82) is 0 Å². The predicted molar refractivity (Wildman–Crippen MR) is 95.4 cm³/mol. The summed E-state index contributed by atoms with van der Waals surface area (Å²) < 4.78 is 0. The number of rotatable bonds is 10. The van der Waals surface area contributed by atoms with Crippen LogP contribution >= 0.6 is 0 Å². The van der Waals surface area contributed by atoms with Crippen molar-refractivity contribution >= 4 is 24.0 Å². The molecule has 0 saturated carbocycles. The molecule has 0 saturated heterocycles. The third-order valence-electron chi connectivity index (χ3n) is 3.87. The Morgan fingerprint density at radius 3 is 1.64 bits per heavy atom. The maximum absolute atomic E-state index is 12.6. The minimum Gasteiger partial charge on any atom is -0.348 e. The molecule has 0 bridgehead atoms. The van der Waals surface area contributed by atoms with Gasteiger partial charge in [-0.3, -0.25) is 14.4 Å². The number of nitrogens with two attached hydrogens (primary N) is 1. The van der Waals surface area contributed by atoms with E-state index in [0.717, 1.165) is 0 Å². The van der Waals surface area contributed by atoms with Gasteiger partial charge in [0.15, 0.2) is 0 Å². The molecule has 0 unspecified atom stereocenters. The molecule has 0 aromatic heterocycles. The van der Waals surface area contributed by atoms with E-state index < -0.39 is 35.8 Å². The van der Waals surface area contributed by atoms with Gasteiger partial charge in [0.1, 0.15) is 18.4 Å². The monoisotopic (exact) mass is 356 g/mol. The summed E-state index contributed by atoms with van der Waals surface area (Å²) in [5.41, 5.74) is 5.82. The average molecular weight is 356 g/mol. The van der Waals surface area contributed by atoms with Gasteiger partial charge >= 0.3 is 0 Å². The Balaban J connectivity index is 5.10. The van der Waals surface area contributed by atoms with E-state index in [9.17, 15) is 19.2 Å². The molecule has 0 heterocycles. The van der Waals surface area contributed by atoms with Gasteiger partial charge in [0.2, 0.25) is 17.7 Å². The average Bonchev–Trinajstić information content (AvgIpc) is 2.53. The van der Waals surface area contributed by atoms with Gasteiger partial charge in [-0.2, -0.15) is 0 Å². The van der Waals surface area contributed by atoms with E-state index in [-0.39, 0.29) is 24.3 Å². The standard InChI is InChI=1S/C17H32N4O4/c1-9(2)12(18)15(23)20-14(11(5)6)17(25)21-13(10(3)4)16(24)19-7-8-22/h8-14H,7,18H2,1-6H3,(H,19,24)(H,20,23)(H,21,25)/t12-,13-,14-/m0/s1. The summed E-state index contributed by atoms with van der Waals surface area (Å²) >= 11 is 0. The third kappa shape index (κ3) is 7.64. The summed E-state index contributed by atoms with van der Waals surface area (Å²) in [6, 6.07) is -2.33. The van der Waals surface area contributed by atoms with Crippen LogP contribution in [0.2, 0.25) is 0 Å². The van der Waals surface area contributed by atoms with Crippen LogP contribution in [-0.4, -0.2) is 48.7 Å². The number of nitrogens with one attached hydrogen (secondary N) is 3. The zero-order chi connectivity index (χ0) is 19.7. The van der Waals surface area contributed by atoms with Crippen molar-refractivity contribution in [3.05, 3.63) is 0 Å². The van der Waals surface area contributed by atoms with Gasteiger partial charge in [-0.1, -0.05) is 41.5 Å². The number of amides is 3. The lowest BCUT2D eigenvalue weighted by atomic mass is 9.98. The topological polar surface area (TPSA) is 130 Å². The fraction of sp³-hybridized carbons (Fsp3) is 0.765. The fourth-order valence-corrected chi connectivity index (χ4v) is 2.12. The maximum atomic E-state index is 12.6. The van der Waals surface area contributed by atoms with Crippen LogP contribution in [0, 0.1) is 17.8 Å². The minimum absolute atomic E-state index is 0.0617. The highest BCUT2D eigenvalue weighted by molar-refractivity contribution is 5.93. The molecule has 5 N–H and O–H groups in total. The number of carbonyl (C=O) groups is 4. The second-order valence-corrected chi connectivity index (χ2v) is 7.14. The van der Waals surface area contributed by atoms with Crippen molar-refractivity contribution in [2.24, 2.45) is 23.5 Å². The molecule has 8 heteroatoms. The van der Waals surface area contributed by atoms with E-state index in [1.807, 2.05) is 13.8 Å². The van der Waals surface area contributed by atoms with Gasteiger partial charge in [0.05, 0.1) is 12.6 Å². The van der Waals surface area contributed by atoms with Crippen LogP contribution in [0.3, 0.4) is 0 Å². The third-order valence-corrected chi connectivity index (χ3v) is 3.87. The smallest absolute Gasteiger partial charge is 0.243 e. The van der Waals surface area contributed by atoms with Crippen molar-refractivity contribution in [3.8, 4) is 0 Å². The van der Waals surface area contributed by atoms with Crippen molar-refractivity contribution in [2.75, 3.05) is 6.54 Å². The number of aldehydes is 1. The minimum atomic E-state index is -0.808. The summed E-state index contributed by atoms with van der Waals surface area (Å²) in [5, 5.41) is 7.75. The first kappa shape index (κ1) is 23.0. The molecular weight excluding hydrogens is 324 g/mol. The van der Waals surface area contributed by atoms with E-state index in [1.165, 1.54) is 0 Å². The fourth-order valence-electron chi connectivity index (χ4n) is 2.12. The van der Waals surface area contributed by atoms with Crippen LogP contribution in [0.4, 0.5) is 0 Å². The Morgan fingerprint density at radius 2 is 1.24 bits per heavy atom. The van der Waals surface area contributed by atoms with Crippen LogP contribution < -0.4 is 21.7 Å². The van der Waals surface area contributed by atoms with Crippen LogP contribution in [0.25, 0.3) is 0 Å². The van der Waals surface area contributed by atoms with E-state index in [0.29, 0.717) is 6.29 Å². The second kappa shape index (κ2) is 10.8. The van der Waals surface area contributed by atoms with Crippen LogP contribution in [-0.2, 0) is 19.2 Å². The van der Waals surface area contributed by atoms with Crippen LogP contribution in [0.15, 0.2) is 0 Å². The molecule has 0 spiro atoms. The van der Waals surface area contributed by atoms with Gasteiger partial charge in [0, 0.05) is 0 Å². The predicted octanol–water partition coefficient (Wildman–Crippen LogP) is -0.434. The lowest BCUT2D eigenvalue weighted by Gasteiger charge is -2.28. The molecule has 0 aliphatic heterocycles. The first-order valence-electron chi connectivity index (χ1n) is 8.60. The summed E-state index contributed by atoms with van der Waals surface area (Å²) in [4.78, 5) is 47.3. The molecule has 0 aliphatic carbocycles. The number of hydrogen-bond acceptors (Lipinski definition) is 5. The van der Waals surface area contributed by atoms with E-state index in [2.05, 4.69) is 16.0 Å². The molecule has 3 amide bonds. The lowest BCUT2D eigenvalue weighted by molar-refractivity contribution is -0.134. The number of hydrogen-bond donors (Lipinski definition) is 4. The highest BCUT2D eigenvalue weighted by Gasteiger charge is 2.31. The molecule has 0 radical (unpaired) electrons. The molecular formula is C17H32N4O4. The van der Waals surface area contributed by atoms with Gasteiger partial charge in [-0.15, -0.1) is 0 Å². The molecule has 0 aromatic rings. The van der Waals surface area contributed by atoms with Crippen molar-refractivity contribution in [2.45, 2.75) is 59.7 Å². The highest BCUT2D eigenvalue weighted by atomic mass is 16.2. The number of carbonyl (C=O) groups excluding carboxylic acids is 4. The molecule has 0 rings (SSSR count). The first-order chi connectivity index (χ1) is 11.5. The Labute approximate surface area is 149 Å². The Hall–Kier alpha value is -1.96. The molecule has 3 atom stereocenters.